The van der Waals surface area contributed by atoms with Crippen LogP contribution in [0.3, 0.4) is 0 Å². The van der Waals surface area contributed by atoms with Gasteiger partial charge in [-0.3, -0.25) is 4.90 Å². The van der Waals surface area contributed by atoms with E-state index in [1.54, 1.807) is 6.33 Å². The van der Waals surface area contributed by atoms with Crippen molar-refractivity contribution in [2.75, 3.05) is 13.1 Å². The lowest BCUT2D eigenvalue weighted by molar-refractivity contribution is 0.174. The molecule has 1 aromatic heterocycles. The fourth-order valence-electron chi connectivity index (χ4n) is 2.45. The Morgan fingerprint density at radius 2 is 2.00 bits per heavy atom. The van der Waals surface area contributed by atoms with Crippen molar-refractivity contribution in [3.05, 3.63) is 12.2 Å². The fourth-order valence-corrected chi connectivity index (χ4v) is 2.45. The number of aromatic nitrogens is 3. The summed E-state index contributed by atoms with van der Waals surface area (Å²) in [6.45, 7) is 12.2. The Morgan fingerprint density at radius 1 is 1.32 bits per heavy atom. The second-order valence-electron chi connectivity index (χ2n) is 5.48. The minimum atomic E-state index is 0.577. The third kappa shape index (κ3) is 4.91. The Labute approximate surface area is 117 Å². The Morgan fingerprint density at radius 3 is 2.53 bits per heavy atom. The van der Waals surface area contributed by atoms with Crippen molar-refractivity contribution in [2.24, 2.45) is 11.7 Å². The molecule has 0 atom stereocenters. The first kappa shape index (κ1) is 16.1. The molecule has 5 nitrogen and oxygen atoms in total. The predicted molar refractivity (Wildman–Crippen MR) is 78.7 cm³/mol. The van der Waals surface area contributed by atoms with Gasteiger partial charge >= 0.3 is 0 Å². The van der Waals surface area contributed by atoms with Crippen LogP contribution in [0, 0.1) is 5.92 Å². The fraction of sp³-hybridized carbons (Fsp3) is 0.857. The molecule has 0 aliphatic carbocycles. The average Bonchev–Trinajstić information content (AvgIpc) is 2.77. The molecule has 0 fully saturated rings. The highest BCUT2D eigenvalue weighted by molar-refractivity contribution is 4.87. The SMILES string of the molecule is CCC(CC)N(CCN)Cc1ncnn1CC(C)C. The summed E-state index contributed by atoms with van der Waals surface area (Å²) in [6, 6.07) is 0.577. The van der Waals surface area contributed by atoms with Gasteiger partial charge in [0.05, 0.1) is 6.54 Å². The first-order valence-electron chi connectivity index (χ1n) is 7.43. The van der Waals surface area contributed by atoms with E-state index in [0.717, 1.165) is 38.3 Å². The Balaban J connectivity index is 2.75. The lowest BCUT2D eigenvalue weighted by Crippen LogP contribution is -2.38. The highest BCUT2D eigenvalue weighted by Crippen LogP contribution is 2.12. The predicted octanol–water partition coefficient (Wildman–Crippen LogP) is 1.88. The number of nitrogens with zero attached hydrogens (tertiary/aromatic N) is 4. The maximum atomic E-state index is 5.74. The van der Waals surface area contributed by atoms with Gasteiger partial charge in [0.15, 0.2) is 0 Å². The third-order valence-corrected chi connectivity index (χ3v) is 3.45. The summed E-state index contributed by atoms with van der Waals surface area (Å²) < 4.78 is 2.02. The van der Waals surface area contributed by atoms with Crippen molar-refractivity contribution in [1.82, 2.24) is 19.7 Å². The number of hydrogen-bond donors (Lipinski definition) is 1. The van der Waals surface area contributed by atoms with E-state index in [-0.39, 0.29) is 0 Å². The summed E-state index contributed by atoms with van der Waals surface area (Å²) in [7, 11) is 0. The molecule has 0 radical (unpaired) electrons. The third-order valence-electron chi connectivity index (χ3n) is 3.45. The maximum Gasteiger partial charge on any atom is 0.141 e. The molecule has 0 aliphatic heterocycles. The van der Waals surface area contributed by atoms with Crippen LogP contribution >= 0.6 is 0 Å². The zero-order valence-electron chi connectivity index (χ0n) is 12.8. The standard InChI is InChI=1S/C14H29N5/c1-5-13(6-2)18(8-7-15)10-14-16-11-17-19(14)9-12(3)4/h11-13H,5-10,15H2,1-4H3. The lowest BCUT2D eigenvalue weighted by atomic mass is 10.1. The van der Waals surface area contributed by atoms with E-state index >= 15 is 0 Å². The first-order valence-corrected chi connectivity index (χ1v) is 7.43. The molecule has 0 saturated heterocycles. The number of rotatable bonds is 9. The Kier molecular flexibility index (Phi) is 7.02. The van der Waals surface area contributed by atoms with Crippen LogP contribution in [0.2, 0.25) is 0 Å². The summed E-state index contributed by atoms with van der Waals surface area (Å²) >= 11 is 0. The van der Waals surface area contributed by atoms with Crippen LogP contribution in [0.25, 0.3) is 0 Å². The van der Waals surface area contributed by atoms with Crippen LogP contribution < -0.4 is 5.73 Å². The molecule has 1 heterocycles. The highest BCUT2D eigenvalue weighted by Gasteiger charge is 2.17. The molecule has 0 spiro atoms. The van der Waals surface area contributed by atoms with E-state index < -0.39 is 0 Å². The van der Waals surface area contributed by atoms with E-state index in [1.807, 2.05) is 4.68 Å². The summed E-state index contributed by atoms with van der Waals surface area (Å²) in [5.41, 5.74) is 5.74. The van der Waals surface area contributed by atoms with Gasteiger partial charge in [-0.15, -0.1) is 0 Å². The van der Waals surface area contributed by atoms with Crippen molar-refractivity contribution in [3.63, 3.8) is 0 Å². The quantitative estimate of drug-likeness (QED) is 0.742. The van der Waals surface area contributed by atoms with Crippen molar-refractivity contribution >= 4 is 0 Å². The van der Waals surface area contributed by atoms with E-state index in [0.29, 0.717) is 18.5 Å². The zero-order valence-corrected chi connectivity index (χ0v) is 12.8. The van der Waals surface area contributed by atoms with Gasteiger partial charge in [0.2, 0.25) is 0 Å². The molecule has 5 heteroatoms. The summed E-state index contributed by atoms with van der Waals surface area (Å²) in [6.07, 6.45) is 3.95. The largest absolute Gasteiger partial charge is 0.329 e. The normalized spacial score (nSPS) is 12.0. The molecule has 0 saturated carbocycles. The Bertz CT molecular complexity index is 343. The summed E-state index contributed by atoms with van der Waals surface area (Å²) in [5, 5.41) is 4.33. The highest BCUT2D eigenvalue weighted by atomic mass is 15.4. The van der Waals surface area contributed by atoms with Crippen LogP contribution in [-0.2, 0) is 13.1 Å². The first-order chi connectivity index (χ1) is 9.12. The zero-order chi connectivity index (χ0) is 14.3. The van der Waals surface area contributed by atoms with Gasteiger partial charge in [-0.2, -0.15) is 5.10 Å². The van der Waals surface area contributed by atoms with Gasteiger partial charge in [0.25, 0.3) is 0 Å². The number of nitrogens with two attached hydrogens (primary N) is 1. The van der Waals surface area contributed by atoms with Gasteiger partial charge in [0, 0.05) is 25.7 Å². The minimum absolute atomic E-state index is 0.577. The second-order valence-corrected chi connectivity index (χ2v) is 5.48. The van der Waals surface area contributed by atoms with E-state index in [2.05, 4.69) is 42.7 Å². The van der Waals surface area contributed by atoms with Gasteiger partial charge in [0.1, 0.15) is 12.2 Å². The van der Waals surface area contributed by atoms with Gasteiger partial charge in [-0.1, -0.05) is 27.7 Å². The lowest BCUT2D eigenvalue weighted by Gasteiger charge is -2.29. The van der Waals surface area contributed by atoms with Crippen LogP contribution in [0.15, 0.2) is 6.33 Å². The second kappa shape index (κ2) is 8.27. The Hall–Kier alpha value is -0.940. The molecule has 110 valence electrons. The average molecular weight is 267 g/mol. The van der Waals surface area contributed by atoms with Crippen molar-refractivity contribution < 1.29 is 0 Å². The summed E-state index contributed by atoms with van der Waals surface area (Å²) in [5.74, 6) is 1.63. The maximum absolute atomic E-state index is 5.74. The van der Waals surface area contributed by atoms with Gasteiger partial charge < -0.3 is 5.73 Å². The molecule has 2 N–H and O–H groups in total. The molecular weight excluding hydrogens is 238 g/mol. The molecule has 0 aromatic carbocycles. The van der Waals surface area contributed by atoms with Gasteiger partial charge in [-0.05, 0) is 18.8 Å². The van der Waals surface area contributed by atoms with Crippen LogP contribution in [-0.4, -0.2) is 38.8 Å². The summed E-state index contributed by atoms with van der Waals surface area (Å²) in [4.78, 5) is 6.84. The van der Waals surface area contributed by atoms with Crippen LogP contribution in [0.4, 0.5) is 0 Å². The molecule has 0 amide bonds. The van der Waals surface area contributed by atoms with E-state index in [1.165, 1.54) is 0 Å². The number of hydrogen-bond acceptors (Lipinski definition) is 4. The van der Waals surface area contributed by atoms with Crippen molar-refractivity contribution in [1.29, 1.82) is 0 Å². The molecular formula is C14H29N5. The smallest absolute Gasteiger partial charge is 0.141 e. The molecule has 1 rings (SSSR count). The van der Waals surface area contributed by atoms with Gasteiger partial charge in [-0.25, -0.2) is 9.67 Å². The van der Waals surface area contributed by atoms with E-state index in [4.69, 9.17) is 5.73 Å². The molecule has 0 aliphatic rings. The topological polar surface area (TPSA) is 60.0 Å². The monoisotopic (exact) mass is 267 g/mol. The molecule has 0 unspecified atom stereocenters. The molecule has 19 heavy (non-hydrogen) atoms. The van der Waals surface area contributed by atoms with Crippen molar-refractivity contribution in [2.45, 2.75) is 59.7 Å². The molecule has 1 aromatic rings. The van der Waals surface area contributed by atoms with Crippen LogP contribution in [0.5, 0.6) is 0 Å². The van der Waals surface area contributed by atoms with E-state index in [9.17, 15) is 0 Å². The molecule has 0 bridgehead atoms. The van der Waals surface area contributed by atoms with Crippen molar-refractivity contribution in [3.8, 4) is 0 Å². The van der Waals surface area contributed by atoms with Crippen LogP contribution in [0.1, 0.15) is 46.4 Å². The minimum Gasteiger partial charge on any atom is -0.329 e.